The quantitative estimate of drug-likeness (QED) is 0.403. The van der Waals surface area contributed by atoms with Gasteiger partial charge in [-0.15, -0.1) is 21.5 Å². The Hall–Kier alpha value is -3.86. The van der Waals surface area contributed by atoms with Crippen LogP contribution >= 0.6 is 11.3 Å². The number of nitro benzene ring substituents is 1. The number of aromatic nitrogens is 4. The van der Waals surface area contributed by atoms with Gasteiger partial charge < -0.3 is 4.90 Å². The number of nitro groups is 1. The molecule has 4 rings (SSSR count). The van der Waals surface area contributed by atoms with Crippen LogP contribution in [-0.2, 0) is 0 Å². The van der Waals surface area contributed by atoms with Gasteiger partial charge in [0.05, 0.1) is 10.3 Å². The molecule has 3 aromatic heterocycles. The second kappa shape index (κ2) is 6.95. The highest BCUT2D eigenvalue weighted by atomic mass is 32.1. The van der Waals surface area contributed by atoms with Gasteiger partial charge >= 0.3 is 5.69 Å². The van der Waals surface area contributed by atoms with Gasteiger partial charge in [-0.1, -0.05) is 0 Å². The molecule has 3 heterocycles. The largest absolute Gasteiger partial charge is 0.361 e. The monoisotopic (exact) mass is 410 g/mol. The molecular formula is C18H14N6O4S. The van der Waals surface area contributed by atoms with E-state index in [-0.39, 0.29) is 11.5 Å². The predicted molar refractivity (Wildman–Crippen MR) is 110 cm³/mol. The zero-order valence-corrected chi connectivity index (χ0v) is 16.1. The third-order valence-electron chi connectivity index (χ3n) is 4.28. The van der Waals surface area contributed by atoms with Crippen molar-refractivity contribution in [3.8, 4) is 16.3 Å². The van der Waals surface area contributed by atoms with Gasteiger partial charge in [-0.25, -0.2) is 9.36 Å². The van der Waals surface area contributed by atoms with Gasteiger partial charge in [0.1, 0.15) is 4.83 Å². The molecular weight excluding hydrogens is 396 g/mol. The summed E-state index contributed by atoms with van der Waals surface area (Å²) in [6, 6.07) is 10.8. The molecule has 29 heavy (non-hydrogen) atoms. The molecule has 4 aromatic rings. The maximum Gasteiger partial charge on any atom is 0.335 e. The van der Waals surface area contributed by atoms with Crippen molar-refractivity contribution >= 4 is 33.1 Å². The topological polar surface area (TPSA) is 127 Å². The lowest BCUT2D eigenvalue weighted by molar-refractivity contribution is -0.384. The smallest absolute Gasteiger partial charge is 0.335 e. The molecule has 0 bridgehead atoms. The number of rotatable bonds is 4. The number of benzene rings is 1. The minimum Gasteiger partial charge on any atom is -0.361 e. The Balaban J connectivity index is 1.82. The van der Waals surface area contributed by atoms with Gasteiger partial charge in [0.15, 0.2) is 11.6 Å². The van der Waals surface area contributed by atoms with Crippen molar-refractivity contribution in [2.75, 3.05) is 19.0 Å². The number of thiophene rings is 1. The standard InChI is InChI=1S/C18H14N6O4S/c1-22(2)14-7-8-15(21-20-14)23-17(25)12-9-13(29-16(12)19-18(23)26)10-3-5-11(6-4-10)24(27)28/h3-9H,1-2H3,(H,19,26). The molecule has 0 aliphatic rings. The minimum absolute atomic E-state index is 0.0228. The maximum atomic E-state index is 12.9. The van der Waals surface area contributed by atoms with E-state index in [1.54, 1.807) is 49.3 Å². The van der Waals surface area contributed by atoms with Crippen LogP contribution in [0.5, 0.6) is 0 Å². The predicted octanol–water partition coefficient (Wildman–Crippen LogP) is 2.17. The number of anilines is 1. The lowest BCUT2D eigenvalue weighted by Crippen LogP contribution is -2.34. The molecule has 1 aromatic carbocycles. The van der Waals surface area contributed by atoms with Gasteiger partial charge in [-0.2, -0.15) is 0 Å². The van der Waals surface area contributed by atoms with Crippen LogP contribution in [0.2, 0.25) is 0 Å². The first-order valence-electron chi connectivity index (χ1n) is 8.40. The molecule has 0 aliphatic carbocycles. The molecule has 146 valence electrons. The normalized spacial score (nSPS) is 11.0. The van der Waals surface area contributed by atoms with Crippen LogP contribution in [0.25, 0.3) is 26.5 Å². The Bertz CT molecular complexity index is 1340. The van der Waals surface area contributed by atoms with E-state index in [0.717, 1.165) is 4.57 Å². The summed E-state index contributed by atoms with van der Waals surface area (Å²) in [7, 11) is 3.61. The highest BCUT2D eigenvalue weighted by Crippen LogP contribution is 2.31. The average Bonchev–Trinajstić information content (AvgIpc) is 3.12. The Labute approximate surface area is 166 Å². The second-order valence-corrected chi connectivity index (χ2v) is 7.42. The van der Waals surface area contributed by atoms with Crippen molar-refractivity contribution in [1.29, 1.82) is 0 Å². The lowest BCUT2D eigenvalue weighted by Gasteiger charge is -2.10. The van der Waals surface area contributed by atoms with Crippen LogP contribution in [0, 0.1) is 10.1 Å². The van der Waals surface area contributed by atoms with Crippen LogP contribution in [0.15, 0.2) is 52.1 Å². The fraction of sp³-hybridized carbons (Fsp3) is 0.111. The Morgan fingerprint density at radius 1 is 1.10 bits per heavy atom. The van der Waals surface area contributed by atoms with Crippen molar-refractivity contribution in [2.45, 2.75) is 0 Å². The fourth-order valence-corrected chi connectivity index (χ4v) is 3.83. The summed E-state index contributed by atoms with van der Waals surface area (Å²) in [6.45, 7) is 0. The van der Waals surface area contributed by atoms with E-state index in [2.05, 4.69) is 15.2 Å². The third-order valence-corrected chi connectivity index (χ3v) is 5.38. The van der Waals surface area contributed by atoms with E-state index in [9.17, 15) is 19.7 Å². The molecule has 0 aliphatic heterocycles. The van der Waals surface area contributed by atoms with Gasteiger partial charge in [0.2, 0.25) is 0 Å². The molecule has 0 saturated heterocycles. The second-order valence-electron chi connectivity index (χ2n) is 6.37. The van der Waals surface area contributed by atoms with Crippen LogP contribution in [0.3, 0.4) is 0 Å². The summed E-state index contributed by atoms with van der Waals surface area (Å²) in [6.07, 6.45) is 0. The number of H-pyrrole nitrogens is 1. The summed E-state index contributed by atoms with van der Waals surface area (Å²) < 4.78 is 0.932. The van der Waals surface area contributed by atoms with Crippen LogP contribution < -0.4 is 16.1 Å². The van der Waals surface area contributed by atoms with Crippen molar-refractivity contribution in [1.82, 2.24) is 19.7 Å². The molecule has 0 unspecified atom stereocenters. The Kier molecular flexibility index (Phi) is 4.43. The molecule has 10 nitrogen and oxygen atoms in total. The first-order valence-corrected chi connectivity index (χ1v) is 9.22. The summed E-state index contributed by atoms with van der Waals surface area (Å²) in [5, 5.41) is 19.1. The molecule has 11 heteroatoms. The third kappa shape index (κ3) is 3.27. The summed E-state index contributed by atoms with van der Waals surface area (Å²) in [4.78, 5) is 41.3. The van der Waals surface area contributed by atoms with E-state index in [1.807, 2.05) is 0 Å². The number of nitrogens with one attached hydrogen (secondary N) is 1. The van der Waals surface area contributed by atoms with E-state index in [0.29, 0.717) is 26.5 Å². The Morgan fingerprint density at radius 3 is 2.41 bits per heavy atom. The van der Waals surface area contributed by atoms with Crippen LogP contribution in [-0.4, -0.2) is 38.8 Å². The first-order chi connectivity index (χ1) is 13.8. The molecule has 0 fully saturated rings. The molecule has 0 spiro atoms. The highest BCUT2D eigenvalue weighted by molar-refractivity contribution is 7.21. The summed E-state index contributed by atoms with van der Waals surface area (Å²) in [5.41, 5.74) is -0.448. The summed E-state index contributed by atoms with van der Waals surface area (Å²) in [5.74, 6) is 0.710. The summed E-state index contributed by atoms with van der Waals surface area (Å²) >= 11 is 1.22. The maximum absolute atomic E-state index is 12.9. The van der Waals surface area contributed by atoms with Crippen LogP contribution in [0.4, 0.5) is 11.5 Å². The van der Waals surface area contributed by atoms with E-state index < -0.39 is 16.2 Å². The SMILES string of the molecule is CN(C)c1ccc(-n2c(=O)[nH]c3sc(-c4ccc([N+](=O)[O-])cc4)cc3c2=O)nn1. The number of nitrogens with zero attached hydrogens (tertiary/aromatic N) is 5. The van der Waals surface area contributed by atoms with Gasteiger partial charge in [-0.3, -0.25) is 19.9 Å². The highest BCUT2D eigenvalue weighted by Gasteiger charge is 2.15. The van der Waals surface area contributed by atoms with Gasteiger partial charge in [-0.05, 0) is 35.9 Å². The van der Waals surface area contributed by atoms with Crippen molar-refractivity contribution in [3.05, 3.63) is 73.4 Å². The molecule has 0 amide bonds. The number of fused-ring (bicyclic) bond motifs is 1. The van der Waals surface area contributed by atoms with Crippen LogP contribution in [0.1, 0.15) is 0 Å². The van der Waals surface area contributed by atoms with E-state index in [4.69, 9.17) is 0 Å². The number of hydrogen-bond acceptors (Lipinski definition) is 8. The van der Waals surface area contributed by atoms with E-state index >= 15 is 0 Å². The fourth-order valence-electron chi connectivity index (χ4n) is 2.78. The lowest BCUT2D eigenvalue weighted by atomic mass is 10.1. The van der Waals surface area contributed by atoms with Crippen molar-refractivity contribution in [2.24, 2.45) is 0 Å². The van der Waals surface area contributed by atoms with Gasteiger partial charge in [0.25, 0.3) is 11.2 Å². The first kappa shape index (κ1) is 18.5. The number of hydrogen-bond donors (Lipinski definition) is 1. The van der Waals surface area contributed by atoms with Crippen molar-refractivity contribution in [3.63, 3.8) is 0 Å². The molecule has 0 atom stereocenters. The zero-order chi connectivity index (χ0) is 20.7. The number of aromatic amines is 1. The molecule has 0 saturated carbocycles. The zero-order valence-electron chi connectivity index (χ0n) is 15.3. The average molecular weight is 410 g/mol. The molecule has 1 N–H and O–H groups in total. The van der Waals surface area contributed by atoms with E-state index in [1.165, 1.54) is 23.5 Å². The Morgan fingerprint density at radius 2 is 1.83 bits per heavy atom. The van der Waals surface area contributed by atoms with Gasteiger partial charge in [0, 0.05) is 31.1 Å². The van der Waals surface area contributed by atoms with Crippen molar-refractivity contribution < 1.29 is 4.92 Å². The minimum atomic E-state index is -0.619. The molecule has 0 radical (unpaired) electrons. The number of non-ortho nitro benzene ring substituents is 1.